The fourth-order valence-corrected chi connectivity index (χ4v) is 0.784. The third-order valence-electron chi connectivity index (χ3n) is 1.26. The highest BCUT2D eigenvalue weighted by Crippen LogP contribution is 2.33. The maximum atomic E-state index is 10.4. The number of ketones is 1. The maximum absolute atomic E-state index is 10.4. The van der Waals surface area contributed by atoms with Gasteiger partial charge in [0.15, 0.2) is 5.78 Å². The Hall–Kier alpha value is -0.370. The van der Waals surface area contributed by atoms with Crippen LogP contribution < -0.4 is 0 Å². The van der Waals surface area contributed by atoms with Crippen LogP contribution in [0.3, 0.4) is 0 Å². The first-order valence-corrected chi connectivity index (χ1v) is 2.25. The molecule has 2 rings (SSSR count). The zero-order valence-corrected chi connectivity index (χ0v) is 3.63. The van der Waals surface area contributed by atoms with Crippen LogP contribution in [-0.2, 0) is 9.53 Å². The van der Waals surface area contributed by atoms with Crippen molar-refractivity contribution in [2.75, 3.05) is 0 Å². The van der Waals surface area contributed by atoms with E-state index in [4.69, 9.17) is 4.74 Å². The van der Waals surface area contributed by atoms with Gasteiger partial charge in [-0.3, -0.25) is 4.79 Å². The third kappa shape index (κ3) is 0.347. The third-order valence-corrected chi connectivity index (χ3v) is 1.26. The molecule has 2 unspecified atom stereocenters. The molecule has 1 aliphatic heterocycles. The second-order valence-electron chi connectivity index (χ2n) is 1.78. The average molecular weight is 96.1 g/mol. The van der Waals surface area contributed by atoms with Gasteiger partial charge in [0.25, 0.3) is 0 Å². The summed E-state index contributed by atoms with van der Waals surface area (Å²) >= 11 is 0. The Kier molecular flexibility index (Phi) is 0.460. The molecule has 2 fully saturated rings. The molecule has 1 saturated heterocycles. The minimum Gasteiger partial charge on any atom is -0.361 e. The van der Waals surface area contributed by atoms with E-state index in [0.717, 1.165) is 0 Å². The van der Waals surface area contributed by atoms with Gasteiger partial charge in [-0.2, -0.15) is 0 Å². The Morgan fingerprint density at radius 3 is 2.71 bits per heavy atom. The summed E-state index contributed by atoms with van der Waals surface area (Å²) in [5.41, 5.74) is 0. The van der Waals surface area contributed by atoms with E-state index in [1.165, 1.54) is 0 Å². The summed E-state index contributed by atoms with van der Waals surface area (Å²) in [5.74, 6) is 0.130. The molecule has 2 aliphatic rings. The van der Waals surface area contributed by atoms with Gasteiger partial charge in [-0.25, -0.2) is 0 Å². The summed E-state index contributed by atoms with van der Waals surface area (Å²) in [5, 5.41) is 0. The van der Waals surface area contributed by atoms with Crippen LogP contribution in [0, 0.1) is 12.8 Å². The molecule has 0 bridgehead atoms. The van der Waals surface area contributed by atoms with E-state index in [0.29, 0.717) is 0 Å². The van der Waals surface area contributed by atoms with Gasteiger partial charge in [-0.15, -0.1) is 0 Å². The molecule has 2 nitrogen and oxygen atoms in total. The van der Waals surface area contributed by atoms with Crippen LogP contribution in [0.15, 0.2) is 0 Å². The molecule has 36 valence electrons. The lowest BCUT2D eigenvalue weighted by Crippen LogP contribution is -1.99. The SMILES string of the molecule is O=C1[CH][CH]C2OC12. The predicted octanol–water partition coefficient (Wildman–Crippen LogP) is -0.255. The first-order valence-electron chi connectivity index (χ1n) is 2.25. The largest absolute Gasteiger partial charge is 0.361 e. The monoisotopic (exact) mass is 96.0 g/mol. The van der Waals surface area contributed by atoms with Gasteiger partial charge in [-0.05, 0) is 0 Å². The van der Waals surface area contributed by atoms with Gasteiger partial charge in [0.1, 0.15) is 6.10 Å². The number of rotatable bonds is 0. The minimum atomic E-state index is -0.0694. The topological polar surface area (TPSA) is 29.6 Å². The molecule has 2 heteroatoms. The summed E-state index contributed by atoms with van der Waals surface area (Å²) in [4.78, 5) is 10.4. The van der Waals surface area contributed by atoms with Crippen LogP contribution in [0.5, 0.6) is 0 Å². The number of fused-ring (bicyclic) bond motifs is 1. The maximum Gasteiger partial charge on any atom is 0.168 e. The van der Waals surface area contributed by atoms with Crippen molar-refractivity contribution in [2.45, 2.75) is 12.2 Å². The van der Waals surface area contributed by atoms with Crippen molar-refractivity contribution in [1.82, 2.24) is 0 Å². The average Bonchev–Trinajstić information content (AvgIpc) is 2.33. The molecule has 0 amide bonds. The van der Waals surface area contributed by atoms with Gasteiger partial charge in [-0.1, -0.05) is 0 Å². The molecule has 7 heavy (non-hydrogen) atoms. The lowest BCUT2D eigenvalue weighted by molar-refractivity contribution is -0.116. The standard InChI is InChI=1S/C5H4O2/c6-3-1-2-4-5(3)7-4/h1-2,4-5H. The van der Waals surface area contributed by atoms with Crippen LogP contribution >= 0.6 is 0 Å². The molecule has 1 saturated carbocycles. The number of carbonyl (C=O) groups excluding carboxylic acids is 1. The first kappa shape index (κ1) is 3.61. The fourth-order valence-electron chi connectivity index (χ4n) is 0.784. The predicted molar refractivity (Wildman–Crippen MR) is 22.3 cm³/mol. The number of Topliss-reactive ketones (excluding diaryl/α,β-unsaturated/α-hetero) is 1. The molecule has 0 aromatic heterocycles. The zero-order valence-electron chi connectivity index (χ0n) is 3.63. The number of epoxide rings is 1. The van der Waals surface area contributed by atoms with E-state index in [9.17, 15) is 4.79 Å². The second kappa shape index (κ2) is 0.892. The van der Waals surface area contributed by atoms with Crippen LogP contribution in [0.1, 0.15) is 0 Å². The van der Waals surface area contributed by atoms with E-state index in [1.54, 1.807) is 12.8 Å². The van der Waals surface area contributed by atoms with Gasteiger partial charge in [0.05, 0.1) is 6.10 Å². The number of carbonyl (C=O) groups is 1. The van der Waals surface area contributed by atoms with Crippen molar-refractivity contribution in [2.24, 2.45) is 0 Å². The molecule has 2 radical (unpaired) electrons. The Bertz CT molecular complexity index is 119. The lowest BCUT2D eigenvalue weighted by Gasteiger charge is -1.81. The molecule has 1 aliphatic carbocycles. The number of hydrogen-bond acceptors (Lipinski definition) is 2. The van der Waals surface area contributed by atoms with E-state index in [1.807, 2.05) is 0 Å². The van der Waals surface area contributed by atoms with Crippen molar-refractivity contribution in [3.8, 4) is 0 Å². The summed E-state index contributed by atoms with van der Waals surface area (Å²) < 4.78 is 4.83. The van der Waals surface area contributed by atoms with Crippen molar-refractivity contribution in [3.63, 3.8) is 0 Å². The van der Waals surface area contributed by atoms with Crippen molar-refractivity contribution in [3.05, 3.63) is 12.8 Å². The molecular formula is C5H4O2. The molecular weight excluding hydrogens is 92.1 g/mol. The van der Waals surface area contributed by atoms with Gasteiger partial charge in [0.2, 0.25) is 0 Å². The zero-order chi connectivity index (χ0) is 4.85. The van der Waals surface area contributed by atoms with E-state index in [-0.39, 0.29) is 18.0 Å². The minimum absolute atomic E-state index is 0.0694. The normalized spacial score (nSPS) is 46.6. The van der Waals surface area contributed by atoms with Crippen LogP contribution in [0.4, 0.5) is 0 Å². The van der Waals surface area contributed by atoms with Crippen LogP contribution in [0.2, 0.25) is 0 Å². The highest BCUT2D eigenvalue weighted by molar-refractivity contribution is 5.98. The number of ether oxygens (including phenoxy) is 1. The fraction of sp³-hybridized carbons (Fsp3) is 0.400. The molecule has 1 heterocycles. The molecule has 0 aromatic carbocycles. The Morgan fingerprint density at radius 2 is 2.57 bits per heavy atom. The number of hydrogen-bond donors (Lipinski definition) is 0. The highest BCUT2D eigenvalue weighted by atomic mass is 16.6. The first-order chi connectivity index (χ1) is 3.38. The van der Waals surface area contributed by atoms with Crippen molar-refractivity contribution < 1.29 is 9.53 Å². The lowest BCUT2D eigenvalue weighted by atomic mass is 10.3. The molecule has 0 aromatic rings. The Labute approximate surface area is 41.5 Å². The Balaban J connectivity index is 2.21. The van der Waals surface area contributed by atoms with Crippen molar-refractivity contribution in [1.29, 1.82) is 0 Å². The van der Waals surface area contributed by atoms with Gasteiger partial charge >= 0.3 is 0 Å². The quantitative estimate of drug-likeness (QED) is 0.389. The van der Waals surface area contributed by atoms with Crippen molar-refractivity contribution >= 4 is 5.78 Å². The molecule has 2 atom stereocenters. The molecule has 0 spiro atoms. The summed E-state index contributed by atoms with van der Waals surface area (Å²) in [7, 11) is 0. The van der Waals surface area contributed by atoms with Crippen LogP contribution in [-0.4, -0.2) is 18.0 Å². The Morgan fingerprint density at radius 1 is 1.71 bits per heavy atom. The highest BCUT2D eigenvalue weighted by Gasteiger charge is 2.50. The van der Waals surface area contributed by atoms with Crippen LogP contribution in [0.25, 0.3) is 0 Å². The summed E-state index contributed by atoms with van der Waals surface area (Å²) in [6.07, 6.45) is 3.47. The summed E-state index contributed by atoms with van der Waals surface area (Å²) in [6.45, 7) is 0. The van der Waals surface area contributed by atoms with Gasteiger partial charge < -0.3 is 4.74 Å². The second-order valence-corrected chi connectivity index (χ2v) is 1.78. The van der Waals surface area contributed by atoms with E-state index >= 15 is 0 Å². The molecule has 0 N–H and O–H groups in total. The van der Waals surface area contributed by atoms with E-state index in [2.05, 4.69) is 0 Å². The van der Waals surface area contributed by atoms with Gasteiger partial charge in [0, 0.05) is 12.8 Å². The van der Waals surface area contributed by atoms with E-state index < -0.39 is 0 Å². The summed E-state index contributed by atoms with van der Waals surface area (Å²) in [6, 6.07) is 0. The smallest absolute Gasteiger partial charge is 0.168 e.